The molecule has 2 aliphatic heterocycles. The Morgan fingerprint density at radius 1 is 1.06 bits per heavy atom. The maximum atomic E-state index is 13.4. The Morgan fingerprint density at radius 2 is 1.77 bits per heavy atom. The van der Waals surface area contributed by atoms with Gasteiger partial charge < -0.3 is 14.6 Å². The van der Waals surface area contributed by atoms with E-state index in [4.69, 9.17) is 16.3 Å². The van der Waals surface area contributed by atoms with E-state index in [0.717, 1.165) is 29.3 Å². The lowest BCUT2D eigenvalue weighted by Crippen LogP contribution is -2.39. The Labute approximate surface area is 200 Å². The number of hydrogen-bond donors (Lipinski definition) is 1. The van der Waals surface area contributed by atoms with Gasteiger partial charge in [0.1, 0.15) is 0 Å². The van der Waals surface area contributed by atoms with Crippen LogP contribution in [0, 0.1) is 5.92 Å². The van der Waals surface area contributed by atoms with Crippen LogP contribution in [-0.2, 0) is 23.5 Å². The van der Waals surface area contributed by atoms with Gasteiger partial charge in [-0.05, 0) is 55.4 Å². The van der Waals surface area contributed by atoms with Crippen molar-refractivity contribution in [2.24, 2.45) is 5.92 Å². The zero-order valence-electron chi connectivity index (χ0n) is 18.2. The first kappa shape index (κ1) is 24.1. The summed E-state index contributed by atoms with van der Waals surface area (Å²) in [4.78, 5) is 14.3. The number of alkyl halides is 6. The summed E-state index contributed by atoms with van der Waals surface area (Å²) in [5, 5.41) is 1.40. The summed E-state index contributed by atoms with van der Waals surface area (Å²) in [5.41, 5.74) is 2.43. The second-order valence-electron chi connectivity index (χ2n) is 8.76. The number of rotatable bonds is 3. The molecule has 0 spiro atoms. The Bertz CT molecular complexity index is 1210. The third-order valence-electron chi connectivity index (χ3n) is 6.41. The van der Waals surface area contributed by atoms with Crippen molar-refractivity contribution in [1.29, 1.82) is 0 Å². The lowest BCUT2D eigenvalue weighted by atomic mass is 9.88. The largest absolute Gasteiger partial charge is 0.451 e. The van der Waals surface area contributed by atoms with Crippen LogP contribution >= 0.6 is 11.6 Å². The molecule has 6 nitrogen and oxygen atoms in total. The maximum absolute atomic E-state index is 13.4. The molecule has 1 N–H and O–H groups in total. The quantitative estimate of drug-likeness (QED) is 0.432. The van der Waals surface area contributed by atoms with Crippen molar-refractivity contribution in [3.05, 3.63) is 46.1 Å². The van der Waals surface area contributed by atoms with Crippen LogP contribution in [0.25, 0.3) is 10.9 Å². The predicted octanol–water partition coefficient (Wildman–Crippen LogP) is 5.96. The zero-order chi connectivity index (χ0) is 25.0. The molecule has 4 heterocycles. The third kappa shape index (κ3) is 4.77. The number of aromatic nitrogens is 4. The van der Waals surface area contributed by atoms with E-state index >= 15 is 0 Å². The highest BCUT2D eigenvalue weighted by atomic mass is 35.5. The molecule has 0 saturated carbocycles. The van der Waals surface area contributed by atoms with Crippen molar-refractivity contribution >= 4 is 28.5 Å². The van der Waals surface area contributed by atoms with Gasteiger partial charge in [0.25, 0.3) is 0 Å². The van der Waals surface area contributed by atoms with Gasteiger partial charge in [-0.1, -0.05) is 11.6 Å². The zero-order valence-corrected chi connectivity index (χ0v) is 18.9. The number of nitrogens with one attached hydrogen (secondary N) is 1. The molecule has 0 bridgehead atoms. The second kappa shape index (κ2) is 8.81. The number of anilines is 1. The van der Waals surface area contributed by atoms with Crippen LogP contribution in [0.3, 0.4) is 0 Å². The van der Waals surface area contributed by atoms with Crippen molar-refractivity contribution < 1.29 is 31.1 Å². The monoisotopic (exact) mass is 519 g/mol. The fourth-order valence-electron chi connectivity index (χ4n) is 4.88. The Morgan fingerprint density at radius 3 is 2.40 bits per heavy atom. The van der Waals surface area contributed by atoms with Crippen LogP contribution in [0.2, 0.25) is 5.02 Å². The van der Waals surface area contributed by atoms with E-state index in [1.54, 1.807) is 18.2 Å². The van der Waals surface area contributed by atoms with Crippen LogP contribution in [0.4, 0.5) is 32.3 Å². The Balaban J connectivity index is 1.63. The van der Waals surface area contributed by atoms with Crippen LogP contribution < -0.4 is 4.90 Å². The maximum Gasteiger partial charge on any atom is 0.451 e. The van der Waals surface area contributed by atoms with E-state index in [1.807, 2.05) is 0 Å². The molecule has 0 aliphatic carbocycles. The van der Waals surface area contributed by atoms with Gasteiger partial charge in [0.15, 0.2) is 0 Å². The molecule has 13 heteroatoms. The lowest BCUT2D eigenvalue weighted by molar-refractivity contribution is -0.155. The van der Waals surface area contributed by atoms with E-state index in [9.17, 15) is 26.3 Å². The van der Waals surface area contributed by atoms with Gasteiger partial charge in [0.2, 0.25) is 17.6 Å². The average molecular weight is 520 g/mol. The summed E-state index contributed by atoms with van der Waals surface area (Å²) in [6, 6.07) is 4.73. The van der Waals surface area contributed by atoms with Crippen LogP contribution in [-0.4, -0.2) is 39.7 Å². The van der Waals surface area contributed by atoms with Gasteiger partial charge in [-0.25, -0.2) is 4.98 Å². The molecular formula is C22H20ClF6N5O. The van der Waals surface area contributed by atoms with Gasteiger partial charge >= 0.3 is 12.4 Å². The summed E-state index contributed by atoms with van der Waals surface area (Å²) >= 11 is 6.17. The minimum atomic E-state index is -5.16. The Kier molecular flexibility index (Phi) is 6.07. The van der Waals surface area contributed by atoms with Crippen molar-refractivity contribution in [2.75, 3.05) is 24.7 Å². The number of benzene rings is 1. The minimum absolute atomic E-state index is 0.0724. The van der Waals surface area contributed by atoms with Gasteiger partial charge in [-0.15, -0.1) is 0 Å². The van der Waals surface area contributed by atoms with Gasteiger partial charge in [0.05, 0.1) is 6.04 Å². The fourth-order valence-corrected chi connectivity index (χ4v) is 5.05. The normalized spacial score (nSPS) is 21.4. The van der Waals surface area contributed by atoms with Crippen molar-refractivity contribution in [3.63, 3.8) is 0 Å². The first-order chi connectivity index (χ1) is 16.5. The number of nitrogens with zero attached hydrogens (tertiary/aromatic N) is 4. The summed E-state index contributed by atoms with van der Waals surface area (Å²) in [6.07, 6.45) is -7.85. The van der Waals surface area contributed by atoms with Crippen LogP contribution in [0.15, 0.2) is 18.2 Å². The molecule has 2 aromatic heterocycles. The first-order valence-electron chi connectivity index (χ1n) is 11.1. The van der Waals surface area contributed by atoms with E-state index in [1.165, 1.54) is 4.90 Å². The van der Waals surface area contributed by atoms with Gasteiger partial charge in [-0.3, -0.25) is 0 Å². The molecule has 0 amide bonds. The molecule has 2 aliphatic rings. The number of aromatic amines is 1. The molecule has 5 rings (SSSR count). The molecule has 0 radical (unpaired) electrons. The molecule has 1 unspecified atom stereocenters. The van der Waals surface area contributed by atoms with Crippen molar-refractivity contribution in [2.45, 2.75) is 44.1 Å². The van der Waals surface area contributed by atoms with E-state index < -0.39 is 36.0 Å². The predicted molar refractivity (Wildman–Crippen MR) is 115 cm³/mol. The number of hydrogen-bond acceptors (Lipinski definition) is 5. The highest BCUT2D eigenvalue weighted by molar-refractivity contribution is 6.31. The van der Waals surface area contributed by atoms with Gasteiger partial charge in [-0.2, -0.15) is 36.3 Å². The summed E-state index contributed by atoms with van der Waals surface area (Å²) in [5.74, 6) is -4.32. The van der Waals surface area contributed by atoms with E-state index in [-0.39, 0.29) is 12.5 Å². The molecule has 2 atom stereocenters. The minimum Gasteiger partial charge on any atom is -0.381 e. The van der Waals surface area contributed by atoms with Crippen LogP contribution in [0.5, 0.6) is 0 Å². The molecule has 188 valence electrons. The van der Waals surface area contributed by atoms with Crippen molar-refractivity contribution in [1.82, 2.24) is 19.9 Å². The lowest BCUT2D eigenvalue weighted by Gasteiger charge is -2.38. The summed E-state index contributed by atoms with van der Waals surface area (Å²) < 4.78 is 86.1. The van der Waals surface area contributed by atoms with E-state index in [2.05, 4.69) is 19.9 Å². The first-order valence-corrected chi connectivity index (χ1v) is 11.4. The smallest absolute Gasteiger partial charge is 0.381 e. The third-order valence-corrected chi connectivity index (χ3v) is 6.65. The SMILES string of the molecule is FC(F)(F)c1nc(N2CCc3c([nH]c4ccc(Cl)cc34)[C@H]2CC2CCCOC2)nc(C(F)(F)F)n1. The molecule has 1 aromatic carbocycles. The second-order valence-corrected chi connectivity index (χ2v) is 9.20. The highest BCUT2D eigenvalue weighted by Crippen LogP contribution is 2.42. The highest BCUT2D eigenvalue weighted by Gasteiger charge is 2.43. The summed E-state index contributed by atoms with van der Waals surface area (Å²) in [6.45, 7) is 1.21. The summed E-state index contributed by atoms with van der Waals surface area (Å²) in [7, 11) is 0. The number of H-pyrrole nitrogens is 1. The number of ether oxygens (including phenoxy) is 1. The molecule has 35 heavy (non-hydrogen) atoms. The van der Waals surface area contributed by atoms with Crippen LogP contribution in [0.1, 0.15) is 48.2 Å². The van der Waals surface area contributed by atoms with Gasteiger partial charge in [0, 0.05) is 41.4 Å². The molecule has 3 aromatic rings. The topological polar surface area (TPSA) is 66.9 Å². The number of fused-ring (bicyclic) bond motifs is 3. The Hall–Kier alpha value is -2.60. The number of halogens is 7. The average Bonchev–Trinajstić information content (AvgIpc) is 3.17. The van der Waals surface area contributed by atoms with E-state index in [0.29, 0.717) is 36.8 Å². The standard InChI is InChI=1S/C22H20ClF6N5O/c23-12-3-4-15-14(9-12)13-5-6-34(16(17(13)30-15)8-11-2-1-7-35-10-11)20-32-18(21(24,25)26)31-19(33-20)22(27,28)29/h3-4,9,11,16,30H,1-2,5-8,10H2/t11?,16-/m1/s1. The fraction of sp³-hybridized carbons (Fsp3) is 0.500. The molecular weight excluding hydrogens is 500 g/mol. The molecule has 1 fully saturated rings. The van der Waals surface area contributed by atoms with Crippen molar-refractivity contribution in [3.8, 4) is 0 Å². The molecule has 1 saturated heterocycles.